The van der Waals surface area contributed by atoms with Crippen LogP contribution >= 0.6 is 11.6 Å². The molecule has 1 fully saturated rings. The summed E-state index contributed by atoms with van der Waals surface area (Å²) in [6.45, 7) is 6.28. The number of rotatable bonds is 6. The van der Waals surface area contributed by atoms with E-state index in [0.717, 1.165) is 11.1 Å². The molecule has 37 heavy (non-hydrogen) atoms. The molecule has 1 aliphatic rings. The van der Waals surface area contributed by atoms with E-state index in [-0.39, 0.29) is 29.1 Å². The van der Waals surface area contributed by atoms with Crippen molar-refractivity contribution in [1.29, 1.82) is 0 Å². The Kier molecular flexibility index (Phi) is 7.42. The lowest BCUT2D eigenvalue weighted by molar-refractivity contribution is -0.139. The number of nitrogens with zero attached hydrogens (tertiary/aromatic N) is 1. The number of carbonyl (C=O) groups is 2. The molecular formula is C30H29ClFNO4. The van der Waals surface area contributed by atoms with Gasteiger partial charge in [-0.25, -0.2) is 4.39 Å². The Labute approximate surface area is 221 Å². The van der Waals surface area contributed by atoms with Crippen molar-refractivity contribution in [3.63, 3.8) is 0 Å². The van der Waals surface area contributed by atoms with Crippen LogP contribution in [0.3, 0.4) is 0 Å². The molecule has 0 spiro atoms. The lowest BCUT2D eigenvalue weighted by atomic mass is 9.84. The maximum atomic E-state index is 13.3. The van der Waals surface area contributed by atoms with Crippen molar-refractivity contribution in [2.75, 3.05) is 13.7 Å². The highest BCUT2D eigenvalue weighted by Crippen LogP contribution is 2.41. The van der Waals surface area contributed by atoms with E-state index >= 15 is 0 Å². The van der Waals surface area contributed by atoms with Crippen molar-refractivity contribution in [2.24, 2.45) is 0 Å². The fraction of sp³-hybridized carbons (Fsp3) is 0.267. The molecule has 3 aromatic carbocycles. The summed E-state index contributed by atoms with van der Waals surface area (Å²) in [6.07, 6.45) is 0.411. The van der Waals surface area contributed by atoms with Crippen LogP contribution in [0.15, 0.2) is 72.3 Å². The summed E-state index contributed by atoms with van der Waals surface area (Å²) < 4.78 is 18.9. The van der Waals surface area contributed by atoms with Crippen LogP contribution in [0.5, 0.6) is 5.75 Å². The number of hydrogen-bond acceptors (Lipinski definition) is 4. The number of aliphatic hydroxyl groups excluding tert-OH is 1. The van der Waals surface area contributed by atoms with Crippen molar-refractivity contribution < 1.29 is 23.8 Å². The molecule has 3 aromatic rings. The van der Waals surface area contributed by atoms with Crippen LogP contribution in [-0.4, -0.2) is 35.4 Å². The highest BCUT2D eigenvalue weighted by atomic mass is 35.5. The molecule has 7 heteroatoms. The Hall–Kier alpha value is -3.64. The van der Waals surface area contributed by atoms with Crippen LogP contribution in [0, 0.1) is 5.82 Å². The fourth-order valence-corrected chi connectivity index (χ4v) is 4.73. The van der Waals surface area contributed by atoms with E-state index in [1.165, 1.54) is 17.0 Å². The number of carbonyl (C=O) groups excluding carboxylic acids is 2. The fourth-order valence-electron chi connectivity index (χ4n) is 4.60. The molecule has 5 nitrogen and oxygen atoms in total. The van der Waals surface area contributed by atoms with Crippen molar-refractivity contribution in [3.8, 4) is 5.75 Å². The van der Waals surface area contributed by atoms with Gasteiger partial charge in [0.2, 0.25) is 0 Å². The van der Waals surface area contributed by atoms with Gasteiger partial charge >= 0.3 is 0 Å². The minimum absolute atomic E-state index is 0.0106. The lowest BCUT2D eigenvalue weighted by Gasteiger charge is -2.26. The Balaban J connectivity index is 1.81. The molecule has 0 aromatic heterocycles. The molecule has 1 atom stereocenters. The van der Waals surface area contributed by atoms with Crippen LogP contribution in [0.25, 0.3) is 5.76 Å². The molecule has 0 radical (unpaired) electrons. The zero-order valence-corrected chi connectivity index (χ0v) is 22.0. The highest BCUT2D eigenvalue weighted by Gasteiger charge is 2.46. The van der Waals surface area contributed by atoms with E-state index in [2.05, 4.69) is 0 Å². The third-order valence-corrected chi connectivity index (χ3v) is 6.81. The highest BCUT2D eigenvalue weighted by molar-refractivity contribution is 6.46. The minimum atomic E-state index is -0.807. The van der Waals surface area contributed by atoms with Gasteiger partial charge in [0.05, 0.1) is 18.7 Å². The molecule has 1 heterocycles. The molecular weight excluding hydrogens is 493 g/mol. The Morgan fingerprint density at radius 1 is 1.03 bits per heavy atom. The van der Waals surface area contributed by atoms with Gasteiger partial charge in [0, 0.05) is 22.7 Å². The number of benzene rings is 3. The van der Waals surface area contributed by atoms with Gasteiger partial charge < -0.3 is 14.7 Å². The molecule has 4 rings (SSSR count). The number of halogens is 2. The molecule has 192 valence electrons. The summed E-state index contributed by atoms with van der Waals surface area (Å²) in [5, 5.41) is 12.0. The van der Waals surface area contributed by atoms with E-state index in [0.29, 0.717) is 28.3 Å². The first-order valence-corrected chi connectivity index (χ1v) is 12.4. The molecule has 1 saturated heterocycles. The van der Waals surface area contributed by atoms with Crippen LogP contribution in [-0.2, 0) is 21.4 Å². The molecule has 1 N–H and O–H groups in total. The average molecular weight is 522 g/mol. The first-order valence-electron chi connectivity index (χ1n) is 12.0. The summed E-state index contributed by atoms with van der Waals surface area (Å²) >= 11 is 6.10. The second kappa shape index (κ2) is 10.4. The van der Waals surface area contributed by atoms with Crippen LogP contribution in [0.4, 0.5) is 4.39 Å². The zero-order chi connectivity index (χ0) is 26.9. The van der Waals surface area contributed by atoms with Crippen LogP contribution < -0.4 is 4.74 Å². The van der Waals surface area contributed by atoms with Gasteiger partial charge in [-0.3, -0.25) is 9.59 Å². The molecule has 0 aliphatic carbocycles. The third kappa shape index (κ3) is 5.39. The maximum absolute atomic E-state index is 13.3. The van der Waals surface area contributed by atoms with E-state index in [9.17, 15) is 19.1 Å². The predicted octanol–water partition coefficient (Wildman–Crippen LogP) is 6.45. The molecule has 1 amide bonds. The monoisotopic (exact) mass is 521 g/mol. The van der Waals surface area contributed by atoms with Crippen molar-refractivity contribution in [2.45, 2.75) is 38.6 Å². The maximum Gasteiger partial charge on any atom is 0.295 e. The van der Waals surface area contributed by atoms with E-state index in [1.54, 1.807) is 61.7 Å². The molecule has 0 saturated carbocycles. The number of aliphatic hydroxyl groups is 1. The first-order chi connectivity index (χ1) is 17.5. The van der Waals surface area contributed by atoms with Gasteiger partial charge in [-0.2, -0.15) is 0 Å². The van der Waals surface area contributed by atoms with Crippen LogP contribution in [0.1, 0.15) is 49.1 Å². The second-order valence-corrected chi connectivity index (χ2v) is 10.5. The van der Waals surface area contributed by atoms with Gasteiger partial charge in [0.1, 0.15) is 17.3 Å². The topological polar surface area (TPSA) is 66.8 Å². The number of ether oxygens (including phenoxy) is 1. The molecule has 1 unspecified atom stereocenters. The van der Waals surface area contributed by atoms with Gasteiger partial charge in [-0.1, -0.05) is 56.6 Å². The SMILES string of the molecule is COc1ccc(/C(O)=C2/C(=O)C(=O)N(CCc3ccc(F)cc3)C2c2ccc(Cl)cc2)cc1C(C)(C)C. The molecule has 1 aliphatic heterocycles. The number of hydrogen-bond donors (Lipinski definition) is 1. The van der Waals surface area contributed by atoms with Gasteiger partial charge in [-0.05, 0) is 65.4 Å². The van der Waals surface area contributed by atoms with Crippen LogP contribution in [0.2, 0.25) is 5.02 Å². The summed E-state index contributed by atoms with van der Waals surface area (Å²) in [7, 11) is 1.58. The number of Topliss-reactive ketones (excluding diaryl/α,β-unsaturated/α-hetero) is 1. The largest absolute Gasteiger partial charge is 0.507 e. The lowest BCUT2D eigenvalue weighted by Crippen LogP contribution is -2.31. The van der Waals surface area contributed by atoms with Crippen molar-refractivity contribution >= 4 is 29.1 Å². The summed E-state index contributed by atoms with van der Waals surface area (Å²) in [5.74, 6) is -1.40. The van der Waals surface area contributed by atoms with E-state index in [1.807, 2.05) is 20.8 Å². The summed E-state index contributed by atoms with van der Waals surface area (Å²) in [4.78, 5) is 28.0. The normalized spacial score (nSPS) is 17.4. The zero-order valence-electron chi connectivity index (χ0n) is 21.2. The predicted molar refractivity (Wildman–Crippen MR) is 142 cm³/mol. The van der Waals surface area contributed by atoms with Gasteiger partial charge in [-0.15, -0.1) is 0 Å². The first kappa shape index (κ1) is 26.4. The average Bonchev–Trinajstić information content (AvgIpc) is 3.12. The Morgan fingerprint density at radius 3 is 2.27 bits per heavy atom. The summed E-state index contributed by atoms with van der Waals surface area (Å²) in [5.41, 5.74) is 2.46. The smallest absolute Gasteiger partial charge is 0.295 e. The number of ketones is 1. The van der Waals surface area contributed by atoms with Gasteiger partial charge in [0.15, 0.2) is 0 Å². The number of likely N-dealkylation sites (tertiary alicyclic amines) is 1. The van der Waals surface area contributed by atoms with E-state index < -0.39 is 17.7 Å². The standard InChI is InChI=1S/C30H29ClFNO4/c1-30(2,3)23-17-20(9-14-24(23)37-4)27(34)25-26(19-7-10-21(31)11-8-19)33(29(36)28(25)35)16-15-18-5-12-22(32)13-6-18/h5-14,17,26,34H,15-16H2,1-4H3/b27-25-. The Bertz CT molecular complexity index is 1360. The Morgan fingerprint density at radius 2 is 1.68 bits per heavy atom. The quantitative estimate of drug-likeness (QED) is 0.230. The van der Waals surface area contributed by atoms with Crippen molar-refractivity contribution in [3.05, 3.63) is 105 Å². The van der Waals surface area contributed by atoms with E-state index in [4.69, 9.17) is 16.3 Å². The van der Waals surface area contributed by atoms with Gasteiger partial charge in [0.25, 0.3) is 11.7 Å². The van der Waals surface area contributed by atoms with Crippen molar-refractivity contribution in [1.82, 2.24) is 4.90 Å². The molecule has 0 bridgehead atoms. The number of amides is 1. The second-order valence-electron chi connectivity index (χ2n) is 10.1. The third-order valence-electron chi connectivity index (χ3n) is 6.56. The minimum Gasteiger partial charge on any atom is -0.507 e. The summed E-state index contributed by atoms with van der Waals surface area (Å²) in [6, 6.07) is 17.3. The number of methoxy groups -OCH3 is 1.